The first-order chi connectivity index (χ1) is 10.1. The Hall–Kier alpha value is -0.610. The second-order valence-corrected chi connectivity index (χ2v) is 8.69. The van der Waals surface area contributed by atoms with E-state index in [1.165, 1.54) is 12.8 Å². The molecule has 1 rings (SSSR count). The summed E-state index contributed by atoms with van der Waals surface area (Å²) >= 11 is 0. The van der Waals surface area contributed by atoms with Crippen molar-refractivity contribution in [2.24, 2.45) is 5.41 Å². The zero-order valence-corrected chi connectivity index (χ0v) is 15.5. The molecule has 0 saturated carbocycles. The summed E-state index contributed by atoms with van der Waals surface area (Å²) in [6.07, 6.45) is 4.41. The van der Waals surface area contributed by atoms with Gasteiger partial charge in [0.1, 0.15) is 0 Å². The molecule has 0 aromatic heterocycles. The predicted octanol–water partition coefficient (Wildman–Crippen LogP) is 3.21. The molecule has 4 heteroatoms. The van der Waals surface area contributed by atoms with Crippen LogP contribution in [0.25, 0.3) is 0 Å². The van der Waals surface area contributed by atoms with Gasteiger partial charge in [0.15, 0.2) is 0 Å². The van der Waals surface area contributed by atoms with Crippen molar-refractivity contribution in [1.29, 1.82) is 0 Å². The van der Waals surface area contributed by atoms with Gasteiger partial charge in [-0.2, -0.15) is 0 Å². The molecule has 0 aromatic carbocycles. The molecule has 0 bridgehead atoms. The van der Waals surface area contributed by atoms with Gasteiger partial charge in [0.2, 0.25) is 5.91 Å². The van der Waals surface area contributed by atoms with Crippen molar-refractivity contribution in [1.82, 2.24) is 10.2 Å². The lowest BCUT2D eigenvalue weighted by Gasteiger charge is -2.34. The number of amides is 1. The molecular formula is C18H36N2O2. The van der Waals surface area contributed by atoms with Gasteiger partial charge in [-0.1, -0.05) is 33.6 Å². The second-order valence-electron chi connectivity index (χ2n) is 8.69. The number of hydrogen-bond acceptors (Lipinski definition) is 3. The van der Waals surface area contributed by atoms with Gasteiger partial charge in [0.25, 0.3) is 0 Å². The zero-order valence-electron chi connectivity index (χ0n) is 15.5. The smallest absolute Gasteiger partial charge is 0.239 e. The number of carbonyl (C=O) groups is 1. The van der Waals surface area contributed by atoms with E-state index in [4.69, 9.17) is 4.74 Å². The molecule has 130 valence electrons. The van der Waals surface area contributed by atoms with Gasteiger partial charge in [-0.15, -0.1) is 0 Å². The number of nitrogens with one attached hydrogen (secondary N) is 1. The molecule has 1 saturated heterocycles. The number of rotatable bonds is 6. The Balaban J connectivity index is 2.53. The summed E-state index contributed by atoms with van der Waals surface area (Å²) in [6, 6.07) is -0.0712. The van der Waals surface area contributed by atoms with E-state index in [1.807, 2.05) is 4.90 Å². The zero-order chi connectivity index (χ0) is 16.8. The summed E-state index contributed by atoms with van der Waals surface area (Å²) < 4.78 is 5.35. The fourth-order valence-corrected chi connectivity index (χ4v) is 2.79. The summed E-state index contributed by atoms with van der Waals surface area (Å²) in [5.74, 6) is 0.244. The maximum atomic E-state index is 12.8. The number of carbonyl (C=O) groups excluding carboxylic acids is 1. The third-order valence-corrected chi connectivity index (χ3v) is 3.90. The van der Waals surface area contributed by atoms with Crippen molar-refractivity contribution in [3.8, 4) is 0 Å². The molecule has 0 spiro atoms. The fraction of sp³-hybridized carbons (Fsp3) is 0.944. The first-order valence-electron chi connectivity index (χ1n) is 8.73. The first-order valence-corrected chi connectivity index (χ1v) is 8.73. The molecule has 1 amide bonds. The monoisotopic (exact) mass is 312 g/mol. The molecule has 0 radical (unpaired) electrons. The minimum Gasteiger partial charge on any atom is -0.378 e. The Labute approximate surface area is 137 Å². The first kappa shape index (κ1) is 19.4. The second kappa shape index (κ2) is 8.30. The molecule has 4 nitrogen and oxygen atoms in total. The SMILES string of the molecule is CC(C)(C)CCCCC(NC(C)(C)C)C(=O)N1CCOCC1. The molecule has 0 aliphatic carbocycles. The van der Waals surface area contributed by atoms with Crippen LogP contribution in [0.3, 0.4) is 0 Å². The lowest BCUT2D eigenvalue weighted by Crippen LogP contribution is -2.54. The highest BCUT2D eigenvalue weighted by Gasteiger charge is 2.28. The average molecular weight is 312 g/mol. The maximum Gasteiger partial charge on any atom is 0.239 e. The maximum absolute atomic E-state index is 12.8. The lowest BCUT2D eigenvalue weighted by molar-refractivity contribution is -0.138. The van der Waals surface area contributed by atoms with Gasteiger partial charge in [0.05, 0.1) is 19.3 Å². The third kappa shape index (κ3) is 8.14. The van der Waals surface area contributed by atoms with Crippen molar-refractivity contribution < 1.29 is 9.53 Å². The third-order valence-electron chi connectivity index (χ3n) is 3.90. The average Bonchev–Trinajstić information content (AvgIpc) is 2.40. The van der Waals surface area contributed by atoms with Gasteiger partial charge in [-0.05, 0) is 39.0 Å². The molecule has 1 fully saturated rings. The van der Waals surface area contributed by atoms with Crippen LogP contribution >= 0.6 is 0 Å². The van der Waals surface area contributed by atoms with Crippen LogP contribution in [-0.2, 0) is 9.53 Å². The molecule has 0 aromatic rings. The summed E-state index contributed by atoms with van der Waals surface area (Å²) in [7, 11) is 0. The lowest BCUT2D eigenvalue weighted by atomic mass is 9.89. The minimum absolute atomic E-state index is 0.0450. The van der Waals surface area contributed by atoms with Crippen molar-refractivity contribution in [3.63, 3.8) is 0 Å². The number of hydrogen-bond donors (Lipinski definition) is 1. The van der Waals surface area contributed by atoms with E-state index in [-0.39, 0.29) is 17.5 Å². The molecule has 1 unspecified atom stereocenters. The van der Waals surface area contributed by atoms with Crippen LogP contribution in [-0.4, -0.2) is 48.7 Å². The van der Waals surface area contributed by atoms with Crippen molar-refractivity contribution >= 4 is 5.91 Å². The topological polar surface area (TPSA) is 41.6 Å². The Morgan fingerprint density at radius 2 is 1.68 bits per heavy atom. The van der Waals surface area contributed by atoms with Crippen molar-refractivity contribution in [2.45, 2.75) is 78.8 Å². The molecule has 22 heavy (non-hydrogen) atoms. The van der Waals surface area contributed by atoms with Crippen LogP contribution in [0.4, 0.5) is 0 Å². The number of ether oxygens (including phenoxy) is 1. The number of morpholine rings is 1. The highest BCUT2D eigenvalue weighted by Crippen LogP contribution is 2.23. The van der Waals surface area contributed by atoms with E-state index >= 15 is 0 Å². The number of unbranched alkanes of at least 4 members (excludes halogenated alkanes) is 1. The van der Waals surface area contributed by atoms with E-state index in [9.17, 15) is 4.79 Å². The molecule has 1 heterocycles. The Morgan fingerprint density at radius 3 is 2.18 bits per heavy atom. The van der Waals surface area contributed by atoms with Gasteiger partial charge in [-0.25, -0.2) is 0 Å². The summed E-state index contributed by atoms with van der Waals surface area (Å²) in [6.45, 7) is 16.0. The van der Waals surface area contributed by atoms with Crippen LogP contribution in [0.5, 0.6) is 0 Å². The van der Waals surface area contributed by atoms with Crippen LogP contribution < -0.4 is 5.32 Å². The van der Waals surface area contributed by atoms with Gasteiger partial charge >= 0.3 is 0 Å². The highest BCUT2D eigenvalue weighted by molar-refractivity contribution is 5.82. The standard InChI is InChI=1S/C18H36N2O2/c1-17(2,3)10-8-7-9-15(19-18(4,5)6)16(21)20-11-13-22-14-12-20/h15,19H,7-14H2,1-6H3. The van der Waals surface area contributed by atoms with Crippen molar-refractivity contribution in [3.05, 3.63) is 0 Å². The highest BCUT2D eigenvalue weighted by atomic mass is 16.5. The predicted molar refractivity (Wildman–Crippen MR) is 92.0 cm³/mol. The van der Waals surface area contributed by atoms with Crippen LogP contribution in [0, 0.1) is 5.41 Å². The summed E-state index contributed by atoms with van der Waals surface area (Å²) in [5.41, 5.74) is 0.331. The Kier molecular flexibility index (Phi) is 7.33. The quantitative estimate of drug-likeness (QED) is 0.766. The fourth-order valence-electron chi connectivity index (χ4n) is 2.79. The van der Waals surface area contributed by atoms with Gasteiger partial charge < -0.3 is 15.0 Å². The molecule has 1 aliphatic rings. The Morgan fingerprint density at radius 1 is 1.09 bits per heavy atom. The van der Waals surface area contributed by atoms with Gasteiger partial charge in [-0.3, -0.25) is 4.79 Å². The van der Waals surface area contributed by atoms with E-state index < -0.39 is 0 Å². The van der Waals surface area contributed by atoms with E-state index in [2.05, 4.69) is 46.9 Å². The molecule has 1 atom stereocenters. The largest absolute Gasteiger partial charge is 0.378 e. The van der Waals surface area contributed by atoms with E-state index in [0.29, 0.717) is 18.6 Å². The minimum atomic E-state index is -0.0712. The van der Waals surface area contributed by atoms with Crippen LogP contribution in [0.2, 0.25) is 0 Å². The normalized spacial score (nSPS) is 18.4. The molecule has 1 N–H and O–H groups in total. The van der Waals surface area contributed by atoms with Crippen LogP contribution in [0.15, 0.2) is 0 Å². The molecular weight excluding hydrogens is 276 g/mol. The van der Waals surface area contributed by atoms with Crippen molar-refractivity contribution in [2.75, 3.05) is 26.3 Å². The van der Waals surface area contributed by atoms with Crippen LogP contribution in [0.1, 0.15) is 67.2 Å². The van der Waals surface area contributed by atoms with E-state index in [1.54, 1.807) is 0 Å². The summed E-state index contributed by atoms with van der Waals surface area (Å²) in [4.78, 5) is 14.7. The molecule has 1 aliphatic heterocycles. The summed E-state index contributed by atoms with van der Waals surface area (Å²) in [5, 5.41) is 3.52. The van der Waals surface area contributed by atoms with E-state index in [0.717, 1.165) is 25.9 Å². The Bertz CT molecular complexity index is 336. The number of nitrogens with zero attached hydrogens (tertiary/aromatic N) is 1. The van der Waals surface area contributed by atoms with Gasteiger partial charge in [0, 0.05) is 18.6 Å².